The summed E-state index contributed by atoms with van der Waals surface area (Å²) in [4.78, 5) is 11.8. The molecule has 1 saturated carbocycles. The number of nitrogen functional groups attached to an aromatic ring is 1. The minimum atomic E-state index is -0.360. The van der Waals surface area contributed by atoms with Crippen LogP contribution in [-0.4, -0.2) is 19.2 Å². The number of nitrogens with two attached hydrogens (primary N) is 1. The average molecular weight is 221 g/mol. The van der Waals surface area contributed by atoms with Gasteiger partial charge in [-0.3, -0.25) is 0 Å². The van der Waals surface area contributed by atoms with Crippen molar-refractivity contribution in [1.29, 1.82) is 0 Å². The maximum Gasteiger partial charge on any atom is 0.340 e. The van der Waals surface area contributed by atoms with E-state index in [0.717, 1.165) is 19.3 Å². The lowest BCUT2D eigenvalue weighted by molar-refractivity contribution is 0.00910. The Balaban J connectivity index is 2.15. The van der Waals surface area contributed by atoms with Gasteiger partial charge < -0.3 is 15.2 Å². The zero-order valence-corrected chi connectivity index (χ0v) is 9.23. The van der Waals surface area contributed by atoms with Crippen molar-refractivity contribution in [2.45, 2.75) is 25.4 Å². The Morgan fingerprint density at radius 3 is 2.75 bits per heavy atom. The summed E-state index contributed by atoms with van der Waals surface area (Å²) < 4.78 is 10.3. The third-order valence-corrected chi connectivity index (χ3v) is 2.83. The number of benzene rings is 1. The molecule has 0 aromatic heterocycles. The normalized spacial score (nSPS) is 15.3. The van der Waals surface area contributed by atoms with E-state index >= 15 is 0 Å². The molecule has 1 aromatic rings. The molecule has 16 heavy (non-hydrogen) atoms. The van der Waals surface area contributed by atoms with Crippen molar-refractivity contribution in [1.82, 2.24) is 0 Å². The topological polar surface area (TPSA) is 61.5 Å². The first-order valence-corrected chi connectivity index (χ1v) is 5.36. The first kappa shape index (κ1) is 10.8. The number of esters is 1. The van der Waals surface area contributed by atoms with Gasteiger partial charge in [-0.2, -0.15) is 0 Å². The van der Waals surface area contributed by atoms with Crippen LogP contribution in [0.15, 0.2) is 18.2 Å². The first-order valence-electron chi connectivity index (χ1n) is 5.36. The molecular formula is C12H15NO3. The second-order valence-corrected chi connectivity index (χ2v) is 3.88. The number of para-hydroxylation sites is 1. The Morgan fingerprint density at radius 2 is 2.19 bits per heavy atom. The summed E-state index contributed by atoms with van der Waals surface area (Å²) >= 11 is 0. The van der Waals surface area contributed by atoms with Gasteiger partial charge in [-0.05, 0) is 31.4 Å². The van der Waals surface area contributed by atoms with Crippen molar-refractivity contribution in [2.75, 3.05) is 12.8 Å². The SMILES string of the molecule is COc1cccc(C(=O)OC2CCC2)c1N. The molecular weight excluding hydrogens is 206 g/mol. The molecule has 1 aromatic carbocycles. The largest absolute Gasteiger partial charge is 0.495 e. The molecule has 1 fully saturated rings. The van der Waals surface area contributed by atoms with Gasteiger partial charge >= 0.3 is 5.97 Å². The summed E-state index contributed by atoms with van der Waals surface area (Å²) in [5, 5.41) is 0. The molecule has 0 unspecified atom stereocenters. The van der Waals surface area contributed by atoms with E-state index in [1.807, 2.05) is 0 Å². The van der Waals surface area contributed by atoms with Gasteiger partial charge in [-0.25, -0.2) is 4.79 Å². The van der Waals surface area contributed by atoms with Crippen LogP contribution in [-0.2, 0) is 4.74 Å². The molecule has 0 spiro atoms. The first-order chi connectivity index (χ1) is 7.72. The molecule has 0 amide bonds. The molecule has 0 aliphatic heterocycles. The maximum absolute atomic E-state index is 11.8. The van der Waals surface area contributed by atoms with Crippen LogP contribution in [0.1, 0.15) is 29.6 Å². The molecule has 2 rings (SSSR count). The monoisotopic (exact) mass is 221 g/mol. The van der Waals surface area contributed by atoms with Gasteiger partial charge in [0.15, 0.2) is 0 Å². The van der Waals surface area contributed by atoms with E-state index in [2.05, 4.69) is 0 Å². The third-order valence-electron chi connectivity index (χ3n) is 2.83. The van der Waals surface area contributed by atoms with Crippen molar-refractivity contribution in [3.8, 4) is 5.75 Å². The van der Waals surface area contributed by atoms with Crippen LogP contribution in [0.5, 0.6) is 5.75 Å². The minimum Gasteiger partial charge on any atom is -0.495 e. The molecule has 4 nitrogen and oxygen atoms in total. The van der Waals surface area contributed by atoms with Crippen molar-refractivity contribution >= 4 is 11.7 Å². The summed E-state index contributed by atoms with van der Waals surface area (Å²) in [7, 11) is 1.52. The van der Waals surface area contributed by atoms with Crippen LogP contribution < -0.4 is 10.5 Å². The van der Waals surface area contributed by atoms with Crippen molar-refractivity contribution in [3.63, 3.8) is 0 Å². The summed E-state index contributed by atoms with van der Waals surface area (Å²) in [5.74, 6) is 0.143. The Labute approximate surface area is 94.3 Å². The summed E-state index contributed by atoms with van der Waals surface area (Å²) in [6.07, 6.45) is 3.11. The van der Waals surface area contributed by atoms with Crippen LogP contribution in [0.4, 0.5) is 5.69 Å². The van der Waals surface area contributed by atoms with Crippen LogP contribution in [0, 0.1) is 0 Å². The van der Waals surface area contributed by atoms with Gasteiger partial charge in [0.2, 0.25) is 0 Å². The molecule has 4 heteroatoms. The predicted molar refractivity (Wildman–Crippen MR) is 60.5 cm³/mol. The second kappa shape index (κ2) is 4.43. The van der Waals surface area contributed by atoms with Crippen molar-refractivity contribution < 1.29 is 14.3 Å². The molecule has 0 atom stereocenters. The standard InChI is InChI=1S/C12H15NO3/c1-15-10-7-3-6-9(11(10)13)12(14)16-8-4-2-5-8/h3,6-8H,2,4-5,13H2,1H3. The van der Waals surface area contributed by atoms with E-state index in [1.54, 1.807) is 18.2 Å². The fraction of sp³-hybridized carbons (Fsp3) is 0.417. The van der Waals surface area contributed by atoms with Gasteiger partial charge in [0.1, 0.15) is 11.9 Å². The van der Waals surface area contributed by atoms with E-state index < -0.39 is 0 Å². The van der Waals surface area contributed by atoms with Gasteiger partial charge in [-0.1, -0.05) is 6.07 Å². The fourth-order valence-electron chi connectivity index (χ4n) is 1.60. The van der Waals surface area contributed by atoms with Crippen LogP contribution in [0.3, 0.4) is 0 Å². The van der Waals surface area contributed by atoms with Gasteiger partial charge in [0.05, 0.1) is 18.4 Å². The highest BCUT2D eigenvalue weighted by molar-refractivity contribution is 5.96. The number of hydrogen-bond donors (Lipinski definition) is 1. The van der Waals surface area contributed by atoms with Gasteiger partial charge in [0.25, 0.3) is 0 Å². The molecule has 1 aliphatic carbocycles. The molecule has 86 valence electrons. The highest BCUT2D eigenvalue weighted by Crippen LogP contribution is 2.28. The molecule has 1 aliphatic rings. The van der Waals surface area contributed by atoms with Gasteiger partial charge in [-0.15, -0.1) is 0 Å². The Bertz CT molecular complexity index is 399. The van der Waals surface area contributed by atoms with Crippen LogP contribution >= 0.6 is 0 Å². The second-order valence-electron chi connectivity index (χ2n) is 3.88. The van der Waals surface area contributed by atoms with Crippen LogP contribution in [0.25, 0.3) is 0 Å². The zero-order valence-electron chi connectivity index (χ0n) is 9.23. The number of carbonyl (C=O) groups is 1. The van der Waals surface area contributed by atoms with E-state index in [0.29, 0.717) is 17.0 Å². The van der Waals surface area contributed by atoms with E-state index in [-0.39, 0.29) is 12.1 Å². The number of anilines is 1. The molecule has 0 radical (unpaired) electrons. The number of carbonyl (C=O) groups excluding carboxylic acids is 1. The van der Waals surface area contributed by atoms with E-state index in [4.69, 9.17) is 15.2 Å². The fourth-order valence-corrected chi connectivity index (χ4v) is 1.60. The van der Waals surface area contributed by atoms with Gasteiger partial charge in [0, 0.05) is 0 Å². The Hall–Kier alpha value is -1.71. The number of methoxy groups -OCH3 is 1. The summed E-state index contributed by atoms with van der Waals surface area (Å²) in [6, 6.07) is 5.10. The Morgan fingerprint density at radius 1 is 1.44 bits per heavy atom. The van der Waals surface area contributed by atoms with Crippen LogP contribution in [0.2, 0.25) is 0 Å². The molecule has 2 N–H and O–H groups in total. The van der Waals surface area contributed by atoms with Crippen molar-refractivity contribution in [3.05, 3.63) is 23.8 Å². The molecule has 0 bridgehead atoms. The predicted octanol–water partition coefficient (Wildman–Crippen LogP) is 1.99. The lowest BCUT2D eigenvalue weighted by atomic mass is 9.96. The summed E-state index contributed by atoms with van der Waals surface area (Å²) in [6.45, 7) is 0. The number of rotatable bonds is 3. The lowest BCUT2D eigenvalue weighted by Gasteiger charge is -2.25. The number of hydrogen-bond acceptors (Lipinski definition) is 4. The lowest BCUT2D eigenvalue weighted by Crippen LogP contribution is -2.25. The number of ether oxygens (including phenoxy) is 2. The Kier molecular flexibility index (Phi) is 2.99. The maximum atomic E-state index is 11.8. The van der Waals surface area contributed by atoms with Crippen molar-refractivity contribution in [2.24, 2.45) is 0 Å². The highest BCUT2D eigenvalue weighted by atomic mass is 16.5. The van der Waals surface area contributed by atoms with E-state index in [1.165, 1.54) is 7.11 Å². The third kappa shape index (κ3) is 1.96. The summed E-state index contributed by atoms with van der Waals surface area (Å²) in [5.41, 5.74) is 6.53. The average Bonchev–Trinajstić information content (AvgIpc) is 2.23. The smallest absolute Gasteiger partial charge is 0.340 e. The van der Waals surface area contributed by atoms with E-state index in [9.17, 15) is 4.79 Å². The molecule has 0 saturated heterocycles. The quantitative estimate of drug-likeness (QED) is 0.626. The highest BCUT2D eigenvalue weighted by Gasteiger charge is 2.23. The molecule has 0 heterocycles. The minimum absolute atomic E-state index is 0.0677. The zero-order chi connectivity index (χ0) is 11.5.